The first-order valence-corrected chi connectivity index (χ1v) is 37.4. The summed E-state index contributed by atoms with van der Waals surface area (Å²) >= 11 is 0. The van der Waals surface area contributed by atoms with Gasteiger partial charge in [-0.15, -0.1) is 20.4 Å². The summed E-state index contributed by atoms with van der Waals surface area (Å²) in [4.78, 5) is 136. The van der Waals surface area contributed by atoms with Gasteiger partial charge in [0.15, 0.2) is 11.6 Å². The van der Waals surface area contributed by atoms with Crippen molar-refractivity contribution in [2.75, 3.05) is 139 Å². The first-order chi connectivity index (χ1) is 52.5. The zero-order valence-electron chi connectivity index (χ0n) is 64.4. The van der Waals surface area contributed by atoms with Crippen molar-refractivity contribution < 1.29 is 82.9 Å². The summed E-state index contributed by atoms with van der Waals surface area (Å²) in [5, 5.41) is 76.7. The number of Topliss-reactive ketones (excluding diaryl/α,β-unsaturated/α-hetero) is 1. The summed E-state index contributed by atoms with van der Waals surface area (Å²) in [5.41, 5.74) is 4.66. The molecule has 0 bridgehead atoms. The topological polar surface area (TPSA) is 394 Å². The van der Waals surface area contributed by atoms with E-state index in [1.165, 1.54) is 12.1 Å². The Kier molecular flexibility index (Phi) is 29.5. The number of ketones is 1. The molecule has 7 N–H and O–H groups in total. The smallest absolute Gasteiger partial charge is 0.412 e. The number of aromatic hydroxyl groups is 4. The fourth-order valence-corrected chi connectivity index (χ4v) is 13.7. The number of carboxylic acids is 1. The molecule has 3 saturated heterocycles. The molecule has 3 aliphatic heterocycles. The summed E-state index contributed by atoms with van der Waals surface area (Å²) in [6, 6.07) is 19.6. The maximum Gasteiger partial charge on any atom is 0.412 e. The van der Waals surface area contributed by atoms with E-state index in [9.17, 15) is 68.7 Å². The minimum Gasteiger partial charge on any atom is -0.508 e. The van der Waals surface area contributed by atoms with Crippen LogP contribution in [0.15, 0.2) is 72.8 Å². The number of aromatic nitrogens is 6. The number of carboxylic acid groups (broad SMARTS) is 1. The van der Waals surface area contributed by atoms with E-state index in [0.717, 1.165) is 11.1 Å². The number of phenolic OH excluding ortho intramolecular Hbond substituents is 4. The predicted molar refractivity (Wildman–Crippen MR) is 403 cm³/mol. The minimum absolute atomic E-state index is 0.00307. The molecular formula is C77H104N16O17. The molecule has 9 rings (SSSR count). The molecule has 2 aromatic heterocycles. The highest BCUT2D eigenvalue weighted by molar-refractivity contribution is 5.93. The number of hydrogen-bond acceptors (Lipinski definition) is 26. The summed E-state index contributed by atoms with van der Waals surface area (Å²) in [7, 11) is 5.00. The van der Waals surface area contributed by atoms with Crippen LogP contribution in [-0.4, -0.2) is 299 Å². The van der Waals surface area contributed by atoms with Crippen LogP contribution >= 0.6 is 0 Å². The van der Waals surface area contributed by atoms with Gasteiger partial charge in [-0.25, -0.2) is 0 Å². The van der Waals surface area contributed by atoms with E-state index in [1.54, 1.807) is 92.6 Å². The van der Waals surface area contributed by atoms with Gasteiger partial charge in [-0.05, 0) is 125 Å². The van der Waals surface area contributed by atoms with Crippen molar-refractivity contribution in [3.63, 3.8) is 0 Å². The van der Waals surface area contributed by atoms with Gasteiger partial charge >= 0.3 is 30.4 Å². The molecule has 6 aromatic rings. The van der Waals surface area contributed by atoms with Gasteiger partial charge in [0, 0.05) is 153 Å². The average molecular weight is 1530 g/mol. The molecule has 594 valence electrons. The molecule has 33 nitrogen and oxygen atoms in total. The van der Waals surface area contributed by atoms with E-state index in [2.05, 4.69) is 40.8 Å². The standard InChI is InChI=1S/C77H104N16O17/c1-11-78-73(103)71-82-80-69(58-39-56(48(4)5)61(95)41-63(58)97)92(71)53-19-14-50(15-20-53)43-87-29-34-90(35-30-87)65(99)25-18-52(38-55(94)23-24-60(76(106)107)89(13-3)33-28-86(10)47-68(102)110-77-108-66(100)45-84(8)26-27-85(9)46-67(101)109-77)75(105)91-36-31-88(32-37-91)44-51-16-21-54(22-17-51)93-70(81-83-72(93)74(104)79-12-2)59-40-57(49(6)7)62(96)42-64(59)98/h14-17,19-22,39-42,48-49,52,60,77,95-98H,11-13,18,23-38,43-47H2,1-10H3,(H,78,103)(H,79,104)(H,106,107)/t52-,60-/m1/s1. The molecule has 0 unspecified atom stereocenters. The van der Waals surface area contributed by atoms with Gasteiger partial charge in [-0.1, -0.05) is 58.9 Å². The monoisotopic (exact) mass is 1520 g/mol. The van der Waals surface area contributed by atoms with Gasteiger partial charge < -0.3 is 60.2 Å². The Morgan fingerprint density at radius 2 is 1.04 bits per heavy atom. The van der Waals surface area contributed by atoms with Crippen molar-refractivity contribution in [2.24, 2.45) is 5.92 Å². The molecule has 0 radical (unpaired) electrons. The Labute approximate surface area is 639 Å². The van der Waals surface area contributed by atoms with Crippen LogP contribution in [0.4, 0.5) is 0 Å². The van der Waals surface area contributed by atoms with Crippen LogP contribution in [0.5, 0.6) is 23.0 Å². The second-order valence-electron chi connectivity index (χ2n) is 28.8. The van der Waals surface area contributed by atoms with Crippen LogP contribution < -0.4 is 10.6 Å². The number of carbonyl (C=O) groups excluding carboxylic acids is 8. The van der Waals surface area contributed by atoms with E-state index in [1.807, 2.05) is 76.2 Å². The van der Waals surface area contributed by atoms with Gasteiger partial charge in [-0.3, -0.25) is 81.7 Å². The molecule has 33 heteroatoms. The number of hydrogen-bond donors (Lipinski definition) is 7. The van der Waals surface area contributed by atoms with Crippen LogP contribution in [0.3, 0.4) is 0 Å². The lowest BCUT2D eigenvalue weighted by Crippen LogP contribution is -2.50. The lowest BCUT2D eigenvalue weighted by Gasteiger charge is -2.37. The van der Waals surface area contributed by atoms with Crippen molar-refractivity contribution in [1.82, 2.24) is 79.4 Å². The fourth-order valence-electron chi connectivity index (χ4n) is 13.7. The number of ether oxygens (including phenoxy) is 3. The lowest BCUT2D eigenvalue weighted by atomic mass is 9.92. The molecule has 3 fully saturated rings. The Bertz CT molecular complexity index is 4200. The van der Waals surface area contributed by atoms with E-state index >= 15 is 0 Å². The molecule has 3 aliphatic rings. The second-order valence-corrected chi connectivity index (χ2v) is 28.8. The third-order valence-corrected chi connectivity index (χ3v) is 19.9. The number of phenols is 4. The van der Waals surface area contributed by atoms with Crippen molar-refractivity contribution in [1.29, 1.82) is 0 Å². The first-order valence-electron chi connectivity index (χ1n) is 37.4. The number of piperazine rings is 2. The van der Waals surface area contributed by atoms with Gasteiger partial charge in [0.1, 0.15) is 34.8 Å². The van der Waals surface area contributed by atoms with Gasteiger partial charge in [0.25, 0.3) is 11.8 Å². The van der Waals surface area contributed by atoms with E-state index in [-0.39, 0.29) is 158 Å². The van der Waals surface area contributed by atoms with Crippen LogP contribution in [0, 0.1) is 5.92 Å². The molecular weight excluding hydrogens is 1420 g/mol. The normalized spacial score (nSPS) is 16.1. The van der Waals surface area contributed by atoms with Crippen molar-refractivity contribution in [3.05, 3.63) is 107 Å². The molecule has 4 amide bonds. The SMILES string of the molecule is CCNC(=O)c1nnc(-c2cc(C(C)C)c(O)cc2O)n1-c1ccc(CN2CCN(C(=O)CC[C@H](CC(=O)CC[C@H](C(=O)O)N(CC)CCN(C)CC(=O)OC3OC(=O)CN(C)CCN(C)CC(=O)O3)C(=O)N3CCN(Cc4ccc(-n5c(C(=O)NCC)nnc5-c5cc(C(C)C)c(O)cc5O)cc4)CC3)CC2)cc1. The maximum absolute atomic E-state index is 14.9. The van der Waals surface area contributed by atoms with Crippen molar-refractivity contribution >= 4 is 53.3 Å². The molecule has 5 heterocycles. The molecule has 4 aromatic carbocycles. The Balaban J connectivity index is 0.841. The largest absolute Gasteiger partial charge is 0.508 e. The number of rotatable bonds is 32. The Morgan fingerprint density at radius 3 is 1.46 bits per heavy atom. The summed E-state index contributed by atoms with van der Waals surface area (Å²) in [6.07, 6.45) is -0.505. The number of carbonyl (C=O) groups is 9. The zero-order chi connectivity index (χ0) is 79.6. The quantitative estimate of drug-likeness (QED) is 0.0288. The van der Waals surface area contributed by atoms with E-state index < -0.39 is 54.1 Å². The number of esters is 3. The third-order valence-electron chi connectivity index (χ3n) is 19.9. The van der Waals surface area contributed by atoms with E-state index in [0.29, 0.717) is 114 Å². The molecule has 0 spiro atoms. The van der Waals surface area contributed by atoms with Gasteiger partial charge in [0.05, 0.1) is 30.8 Å². The number of cyclic esters (lactones) is 2. The average Bonchev–Trinajstić information content (AvgIpc) is 1.59. The van der Waals surface area contributed by atoms with E-state index in [4.69, 9.17) is 14.2 Å². The zero-order valence-corrected chi connectivity index (χ0v) is 64.4. The first kappa shape index (κ1) is 83.6. The van der Waals surface area contributed by atoms with Crippen molar-refractivity contribution in [3.8, 4) is 57.1 Å². The lowest BCUT2D eigenvalue weighted by molar-refractivity contribution is -0.258. The van der Waals surface area contributed by atoms with Gasteiger partial charge in [-0.2, -0.15) is 0 Å². The Hall–Kier alpha value is -10.5. The Morgan fingerprint density at radius 1 is 0.582 bits per heavy atom. The predicted octanol–water partition coefficient (Wildman–Crippen LogP) is 4.37. The molecule has 0 saturated carbocycles. The fraction of sp³-hybridized carbons (Fsp3) is 0.519. The molecule has 110 heavy (non-hydrogen) atoms. The molecule has 0 aliphatic carbocycles. The summed E-state index contributed by atoms with van der Waals surface area (Å²) < 4.78 is 18.8. The second kappa shape index (κ2) is 38.8. The minimum atomic E-state index is -1.93. The molecule has 2 atom stereocenters. The number of benzene rings is 4. The number of nitrogens with one attached hydrogen (secondary N) is 2. The van der Waals surface area contributed by atoms with Crippen LogP contribution in [0.2, 0.25) is 0 Å². The highest BCUT2D eigenvalue weighted by Crippen LogP contribution is 2.40. The number of nitrogens with zero attached hydrogens (tertiary/aromatic N) is 14. The van der Waals surface area contributed by atoms with Crippen LogP contribution in [0.1, 0.15) is 136 Å². The summed E-state index contributed by atoms with van der Waals surface area (Å²) in [6.45, 7) is 16.9. The number of amides is 4. The highest BCUT2D eigenvalue weighted by Gasteiger charge is 2.35. The van der Waals surface area contributed by atoms with Crippen molar-refractivity contribution in [2.45, 2.75) is 118 Å². The van der Waals surface area contributed by atoms with Crippen LogP contribution in [0.25, 0.3) is 34.2 Å². The number of likely N-dealkylation sites (N-methyl/N-ethyl adjacent to an activating group) is 4. The summed E-state index contributed by atoms with van der Waals surface area (Å²) in [5.74, 6) is -6.74. The number of aliphatic carboxylic acids is 1. The van der Waals surface area contributed by atoms with Gasteiger partial charge in [0.2, 0.25) is 23.5 Å². The van der Waals surface area contributed by atoms with Crippen LogP contribution in [-0.2, 0) is 60.9 Å². The maximum atomic E-state index is 14.9. The third kappa shape index (κ3) is 21.9. The highest BCUT2D eigenvalue weighted by atomic mass is 16.9.